The first-order valence-electron chi connectivity index (χ1n) is 12.5. The monoisotopic (exact) mass is 463 g/mol. The van der Waals surface area contributed by atoms with E-state index in [1.807, 2.05) is 18.2 Å². The average molecular weight is 464 g/mol. The summed E-state index contributed by atoms with van der Waals surface area (Å²) >= 11 is 0. The normalized spacial score (nSPS) is 20.4. The predicted molar refractivity (Wildman–Crippen MR) is 132 cm³/mol. The number of halogens is 1. The Morgan fingerprint density at radius 1 is 1.03 bits per heavy atom. The van der Waals surface area contributed by atoms with Crippen molar-refractivity contribution in [2.45, 2.75) is 39.3 Å². The van der Waals surface area contributed by atoms with Crippen LogP contribution in [-0.2, 0) is 11.3 Å². The topological polar surface area (TPSA) is 44.6 Å². The lowest BCUT2D eigenvalue weighted by Crippen LogP contribution is -2.53. The number of nitrogens with zero attached hydrogens (tertiary/aromatic N) is 5. The lowest BCUT2D eigenvalue weighted by atomic mass is 9.96. The summed E-state index contributed by atoms with van der Waals surface area (Å²) < 4.78 is 15.7. The van der Waals surface area contributed by atoms with Crippen LogP contribution < -0.4 is 0 Å². The number of rotatable bonds is 5. The molecular weight excluding hydrogens is 429 g/mol. The van der Waals surface area contributed by atoms with Gasteiger partial charge in [-0.1, -0.05) is 12.1 Å². The number of amides is 1. The van der Waals surface area contributed by atoms with Crippen molar-refractivity contribution < 1.29 is 9.18 Å². The maximum atomic E-state index is 13.6. The maximum Gasteiger partial charge on any atom is 0.227 e. The highest BCUT2D eigenvalue weighted by molar-refractivity contribution is 5.79. The summed E-state index contributed by atoms with van der Waals surface area (Å²) in [7, 11) is 0. The number of para-hydroxylation sites is 2. The first-order chi connectivity index (χ1) is 16.5. The maximum absolute atomic E-state index is 13.6. The van der Waals surface area contributed by atoms with Crippen molar-refractivity contribution in [1.82, 2.24) is 24.3 Å². The summed E-state index contributed by atoms with van der Waals surface area (Å²) in [5.74, 6) is 1.02. The Labute approximate surface area is 201 Å². The van der Waals surface area contributed by atoms with Crippen molar-refractivity contribution in [3.05, 3.63) is 60.2 Å². The van der Waals surface area contributed by atoms with Gasteiger partial charge in [0.1, 0.15) is 11.6 Å². The van der Waals surface area contributed by atoms with E-state index in [0.717, 1.165) is 74.7 Å². The highest BCUT2D eigenvalue weighted by Gasteiger charge is 2.32. The largest absolute Gasteiger partial charge is 0.340 e. The van der Waals surface area contributed by atoms with Crippen LogP contribution in [0.4, 0.5) is 4.39 Å². The molecule has 0 unspecified atom stereocenters. The Kier molecular flexibility index (Phi) is 6.66. The average Bonchev–Trinajstić information content (AvgIpc) is 3.22. The quantitative estimate of drug-likeness (QED) is 0.575. The van der Waals surface area contributed by atoms with Crippen LogP contribution in [0.2, 0.25) is 0 Å². The number of carbonyl (C=O) groups excluding carboxylic acids is 1. The number of hydrogen-bond acceptors (Lipinski definition) is 4. The summed E-state index contributed by atoms with van der Waals surface area (Å²) in [5.41, 5.74) is 2.84. The zero-order valence-electron chi connectivity index (χ0n) is 20.2. The van der Waals surface area contributed by atoms with Crippen molar-refractivity contribution in [3.8, 4) is 5.69 Å². The Balaban J connectivity index is 1.32. The molecule has 2 aliphatic heterocycles. The van der Waals surface area contributed by atoms with E-state index < -0.39 is 0 Å². The molecule has 1 atom stereocenters. The molecular formula is C27H34FN5O. The molecule has 0 aliphatic carbocycles. The van der Waals surface area contributed by atoms with E-state index in [1.165, 1.54) is 12.1 Å². The second-order valence-corrected chi connectivity index (χ2v) is 9.86. The minimum Gasteiger partial charge on any atom is -0.340 e. The smallest absolute Gasteiger partial charge is 0.227 e. The van der Waals surface area contributed by atoms with Crippen LogP contribution in [0.5, 0.6) is 0 Å². The zero-order valence-corrected chi connectivity index (χ0v) is 20.2. The number of hydrogen-bond donors (Lipinski definition) is 0. The standard InChI is InChI=1S/C27H34FN5O/c1-20(2)31-14-16-32(17-15-31)27(34)21-6-5-13-30(18-21)19-26-29-24-7-3-4-8-25(24)33(26)23-11-9-22(28)10-12-23/h3-4,7-12,20-21H,5-6,13-19H2,1-2H3/t21-/m0/s1. The summed E-state index contributed by atoms with van der Waals surface area (Å²) in [6, 6.07) is 15.2. The van der Waals surface area contributed by atoms with Gasteiger partial charge in [-0.25, -0.2) is 9.37 Å². The summed E-state index contributed by atoms with van der Waals surface area (Å²) in [6.07, 6.45) is 1.97. The molecule has 34 heavy (non-hydrogen) atoms. The van der Waals surface area contributed by atoms with Crippen LogP contribution in [0, 0.1) is 11.7 Å². The number of piperidine rings is 1. The molecule has 0 radical (unpaired) electrons. The van der Waals surface area contributed by atoms with Crippen LogP contribution >= 0.6 is 0 Å². The molecule has 2 aromatic carbocycles. The zero-order chi connectivity index (χ0) is 23.7. The lowest BCUT2D eigenvalue weighted by Gasteiger charge is -2.40. The number of piperazine rings is 1. The number of carbonyl (C=O) groups is 1. The van der Waals surface area contributed by atoms with Gasteiger partial charge in [-0.3, -0.25) is 19.2 Å². The van der Waals surface area contributed by atoms with Gasteiger partial charge in [0.15, 0.2) is 0 Å². The summed E-state index contributed by atoms with van der Waals surface area (Å²) in [6.45, 7) is 10.4. The molecule has 180 valence electrons. The summed E-state index contributed by atoms with van der Waals surface area (Å²) in [4.78, 5) is 25.1. The van der Waals surface area contributed by atoms with Crippen LogP contribution in [0.25, 0.3) is 16.7 Å². The fraction of sp³-hybridized carbons (Fsp3) is 0.481. The molecule has 7 heteroatoms. The second kappa shape index (κ2) is 9.84. The third-order valence-electron chi connectivity index (χ3n) is 7.29. The SMILES string of the molecule is CC(C)N1CCN(C(=O)[C@H]2CCCN(Cc3nc4ccccc4n3-c3ccc(F)cc3)C2)CC1. The van der Waals surface area contributed by atoms with Gasteiger partial charge in [0.25, 0.3) is 0 Å². The minimum atomic E-state index is -0.249. The summed E-state index contributed by atoms with van der Waals surface area (Å²) in [5, 5.41) is 0. The van der Waals surface area contributed by atoms with E-state index in [4.69, 9.17) is 4.98 Å². The van der Waals surface area contributed by atoms with Crippen molar-refractivity contribution in [3.63, 3.8) is 0 Å². The van der Waals surface area contributed by atoms with E-state index in [9.17, 15) is 9.18 Å². The highest BCUT2D eigenvalue weighted by atomic mass is 19.1. The number of benzene rings is 2. The molecule has 1 amide bonds. The van der Waals surface area contributed by atoms with Gasteiger partial charge in [0.2, 0.25) is 5.91 Å². The Morgan fingerprint density at radius 3 is 2.50 bits per heavy atom. The number of imidazole rings is 1. The second-order valence-electron chi connectivity index (χ2n) is 9.86. The van der Waals surface area contributed by atoms with E-state index in [1.54, 1.807) is 12.1 Å². The molecule has 1 aromatic heterocycles. The molecule has 0 spiro atoms. The third-order valence-corrected chi connectivity index (χ3v) is 7.29. The van der Waals surface area contributed by atoms with Crippen LogP contribution in [0.15, 0.2) is 48.5 Å². The van der Waals surface area contributed by atoms with Crippen LogP contribution in [0.3, 0.4) is 0 Å². The van der Waals surface area contributed by atoms with Gasteiger partial charge >= 0.3 is 0 Å². The van der Waals surface area contributed by atoms with Gasteiger partial charge in [0, 0.05) is 44.5 Å². The predicted octanol–water partition coefficient (Wildman–Crippen LogP) is 3.93. The van der Waals surface area contributed by atoms with Gasteiger partial charge in [0.05, 0.1) is 23.5 Å². The highest BCUT2D eigenvalue weighted by Crippen LogP contribution is 2.26. The fourth-order valence-corrected chi connectivity index (χ4v) is 5.38. The molecule has 2 saturated heterocycles. The number of aromatic nitrogens is 2. The fourth-order valence-electron chi connectivity index (χ4n) is 5.38. The molecule has 0 N–H and O–H groups in total. The van der Waals surface area contributed by atoms with Crippen LogP contribution in [-0.4, -0.2) is 75.5 Å². The molecule has 0 bridgehead atoms. The molecule has 2 fully saturated rings. The number of fused-ring (bicyclic) bond motifs is 1. The first-order valence-corrected chi connectivity index (χ1v) is 12.5. The Bertz CT molecular complexity index is 1130. The van der Waals surface area contributed by atoms with Crippen molar-refractivity contribution in [1.29, 1.82) is 0 Å². The van der Waals surface area contributed by atoms with Gasteiger partial charge < -0.3 is 4.90 Å². The van der Waals surface area contributed by atoms with Crippen LogP contribution in [0.1, 0.15) is 32.5 Å². The van der Waals surface area contributed by atoms with Crippen molar-refractivity contribution in [2.75, 3.05) is 39.3 Å². The number of likely N-dealkylation sites (tertiary alicyclic amines) is 1. The molecule has 2 aliphatic rings. The van der Waals surface area contributed by atoms with Gasteiger partial charge in [-0.05, 0) is 69.6 Å². The Morgan fingerprint density at radius 2 is 1.76 bits per heavy atom. The van der Waals surface area contributed by atoms with Gasteiger partial charge in [-0.2, -0.15) is 0 Å². The molecule has 3 heterocycles. The van der Waals surface area contributed by atoms with Crippen molar-refractivity contribution in [2.24, 2.45) is 5.92 Å². The molecule has 3 aromatic rings. The van der Waals surface area contributed by atoms with E-state index in [-0.39, 0.29) is 11.7 Å². The van der Waals surface area contributed by atoms with E-state index in [0.29, 0.717) is 18.5 Å². The third kappa shape index (κ3) is 4.72. The van der Waals surface area contributed by atoms with E-state index >= 15 is 0 Å². The van der Waals surface area contributed by atoms with Crippen molar-refractivity contribution >= 4 is 16.9 Å². The first kappa shape index (κ1) is 23.0. The Hall–Kier alpha value is -2.77. The molecule has 0 saturated carbocycles. The van der Waals surface area contributed by atoms with Gasteiger partial charge in [-0.15, -0.1) is 0 Å². The lowest BCUT2D eigenvalue weighted by molar-refractivity contribution is -0.139. The molecule has 5 rings (SSSR count). The van der Waals surface area contributed by atoms with E-state index in [2.05, 4.69) is 39.2 Å². The molecule has 6 nitrogen and oxygen atoms in total. The minimum absolute atomic E-state index is 0.0444.